The number of nitrogens with one attached hydrogen (secondary N) is 3. The lowest BCUT2D eigenvalue weighted by Crippen LogP contribution is -2.65. The van der Waals surface area contributed by atoms with E-state index in [1.54, 1.807) is 36.1 Å². The summed E-state index contributed by atoms with van der Waals surface area (Å²) in [5.41, 5.74) is 0.731. The van der Waals surface area contributed by atoms with Gasteiger partial charge in [0.15, 0.2) is 18.0 Å². The number of epoxide rings is 1. The van der Waals surface area contributed by atoms with Gasteiger partial charge in [0.25, 0.3) is 11.8 Å². The number of benzene rings is 2. The van der Waals surface area contributed by atoms with Gasteiger partial charge in [-0.25, -0.2) is 13.1 Å². The molecule has 3 unspecified atom stereocenters. The van der Waals surface area contributed by atoms with E-state index in [1.165, 1.54) is 20.2 Å². The molecule has 0 radical (unpaired) electrons. The average Bonchev–Trinajstić information content (AvgIpc) is 3.34. The maximum Gasteiger partial charge on any atom is 0.254 e. The molecule has 2 saturated heterocycles. The molecule has 2 amide bonds. The maximum atomic E-state index is 13.5. The molecule has 1 aromatic heterocycles. The summed E-state index contributed by atoms with van der Waals surface area (Å²) in [6, 6.07) is 10.1. The van der Waals surface area contributed by atoms with Crippen molar-refractivity contribution in [3.8, 4) is 5.75 Å². The van der Waals surface area contributed by atoms with E-state index in [2.05, 4.69) is 15.4 Å². The molecule has 4 heterocycles. The lowest BCUT2D eigenvalue weighted by Gasteiger charge is -2.36. The number of fused-ring (bicyclic) bond motifs is 3. The van der Waals surface area contributed by atoms with Crippen molar-refractivity contribution >= 4 is 32.8 Å². The SMILES string of the molecule is CNS(=O)(=O)c1cc2oc(C3(CN4Cc5ccc(OC)cc5C4=O)NC4OC4NC3=O)cc2cc1C. The van der Waals surface area contributed by atoms with Crippen LogP contribution in [-0.2, 0) is 31.6 Å². The number of amides is 2. The van der Waals surface area contributed by atoms with Crippen molar-refractivity contribution < 1.29 is 31.9 Å². The molecule has 3 aliphatic rings. The second-order valence-electron chi connectivity index (χ2n) is 9.16. The summed E-state index contributed by atoms with van der Waals surface area (Å²) in [5, 5.41) is 6.68. The van der Waals surface area contributed by atoms with Crippen LogP contribution < -0.4 is 20.1 Å². The van der Waals surface area contributed by atoms with Gasteiger partial charge in [0.05, 0.1) is 18.6 Å². The third-order valence-corrected chi connectivity index (χ3v) is 8.51. The Kier molecular flexibility index (Phi) is 4.96. The Labute approximate surface area is 206 Å². The zero-order valence-electron chi connectivity index (χ0n) is 19.7. The molecule has 3 aromatic rings. The van der Waals surface area contributed by atoms with Crippen LogP contribution in [0.2, 0.25) is 0 Å². The fourth-order valence-electron chi connectivity index (χ4n) is 4.94. The van der Waals surface area contributed by atoms with E-state index in [9.17, 15) is 18.0 Å². The molecule has 11 nitrogen and oxygen atoms in total. The monoisotopic (exact) mass is 512 g/mol. The van der Waals surface area contributed by atoms with Crippen molar-refractivity contribution in [2.45, 2.75) is 36.4 Å². The zero-order chi connectivity index (χ0) is 25.4. The van der Waals surface area contributed by atoms with E-state index < -0.39 is 33.9 Å². The highest BCUT2D eigenvalue weighted by molar-refractivity contribution is 7.89. The Morgan fingerprint density at radius 3 is 2.75 bits per heavy atom. The largest absolute Gasteiger partial charge is 0.497 e. The number of carbonyl (C=O) groups is 2. The number of piperazine rings is 1. The summed E-state index contributed by atoms with van der Waals surface area (Å²) in [4.78, 5) is 28.4. The predicted octanol–water partition coefficient (Wildman–Crippen LogP) is 0.911. The van der Waals surface area contributed by atoms with Gasteiger partial charge in [0, 0.05) is 23.6 Å². The fourth-order valence-corrected chi connectivity index (χ4v) is 5.91. The summed E-state index contributed by atoms with van der Waals surface area (Å²) in [6.07, 6.45) is -0.876. The van der Waals surface area contributed by atoms with Gasteiger partial charge in [-0.05, 0) is 49.4 Å². The van der Waals surface area contributed by atoms with Crippen molar-refractivity contribution in [3.63, 3.8) is 0 Å². The number of carbonyl (C=O) groups excluding carboxylic acids is 2. The van der Waals surface area contributed by atoms with Gasteiger partial charge in [0.1, 0.15) is 17.1 Å². The van der Waals surface area contributed by atoms with Crippen LogP contribution in [0, 0.1) is 6.92 Å². The number of rotatable bonds is 6. The van der Waals surface area contributed by atoms with Gasteiger partial charge >= 0.3 is 0 Å². The Hall–Kier alpha value is -3.45. The average molecular weight is 513 g/mol. The van der Waals surface area contributed by atoms with Gasteiger partial charge in [-0.15, -0.1) is 0 Å². The van der Waals surface area contributed by atoms with E-state index in [4.69, 9.17) is 13.9 Å². The number of ether oxygens (including phenoxy) is 2. The summed E-state index contributed by atoms with van der Waals surface area (Å²) >= 11 is 0. The van der Waals surface area contributed by atoms with Crippen molar-refractivity contribution in [1.82, 2.24) is 20.3 Å². The molecule has 0 bridgehead atoms. The Morgan fingerprint density at radius 1 is 1.19 bits per heavy atom. The molecule has 0 spiro atoms. The predicted molar refractivity (Wildman–Crippen MR) is 127 cm³/mol. The number of methoxy groups -OCH3 is 1. The molecule has 6 rings (SSSR count). The van der Waals surface area contributed by atoms with Crippen LogP contribution in [0.4, 0.5) is 0 Å². The molecule has 3 N–H and O–H groups in total. The smallest absolute Gasteiger partial charge is 0.254 e. The Balaban J connectivity index is 1.42. The second-order valence-corrected chi connectivity index (χ2v) is 11.0. The van der Waals surface area contributed by atoms with E-state index in [-0.39, 0.29) is 23.1 Å². The molecule has 2 fully saturated rings. The third kappa shape index (κ3) is 3.40. The van der Waals surface area contributed by atoms with Crippen molar-refractivity contribution in [1.29, 1.82) is 0 Å². The van der Waals surface area contributed by atoms with Crippen LogP contribution in [-0.4, -0.2) is 58.3 Å². The summed E-state index contributed by atoms with van der Waals surface area (Å²) in [5.74, 6) is 0.192. The number of aryl methyl sites for hydroxylation is 1. The van der Waals surface area contributed by atoms with E-state index >= 15 is 0 Å². The molecule has 3 atom stereocenters. The van der Waals surface area contributed by atoms with E-state index in [1.807, 2.05) is 6.07 Å². The quantitative estimate of drug-likeness (QED) is 0.414. The fraction of sp³-hybridized carbons (Fsp3) is 0.333. The van der Waals surface area contributed by atoms with Crippen LogP contribution in [0.15, 0.2) is 45.7 Å². The third-order valence-electron chi connectivity index (χ3n) is 6.96. The lowest BCUT2D eigenvalue weighted by atomic mass is 9.91. The lowest BCUT2D eigenvalue weighted by molar-refractivity contribution is -0.131. The first kappa shape index (κ1) is 23.0. The van der Waals surface area contributed by atoms with Crippen LogP contribution >= 0.6 is 0 Å². The first-order chi connectivity index (χ1) is 17.1. The topological polar surface area (TPSA) is 143 Å². The number of hydrogen-bond donors (Lipinski definition) is 3. The Morgan fingerprint density at radius 2 is 2.00 bits per heavy atom. The molecular formula is C24H24N4O7S. The summed E-state index contributed by atoms with van der Waals surface area (Å²) in [6.45, 7) is 1.98. The van der Waals surface area contributed by atoms with E-state index in [0.717, 1.165) is 5.56 Å². The molecule has 0 aliphatic carbocycles. The normalized spacial score (nSPS) is 25.0. The highest BCUT2D eigenvalue weighted by Crippen LogP contribution is 2.39. The van der Waals surface area contributed by atoms with E-state index in [0.29, 0.717) is 34.4 Å². The van der Waals surface area contributed by atoms with Crippen LogP contribution in [0.5, 0.6) is 5.75 Å². The molecule has 188 valence electrons. The highest BCUT2D eigenvalue weighted by atomic mass is 32.2. The maximum absolute atomic E-state index is 13.5. The first-order valence-corrected chi connectivity index (χ1v) is 12.8. The van der Waals surface area contributed by atoms with Crippen LogP contribution in [0.1, 0.15) is 27.2 Å². The molecule has 12 heteroatoms. The zero-order valence-corrected chi connectivity index (χ0v) is 20.6. The molecule has 0 saturated carbocycles. The van der Waals surface area contributed by atoms with Gasteiger partial charge in [0.2, 0.25) is 10.0 Å². The van der Waals surface area contributed by atoms with Gasteiger partial charge in [-0.3, -0.25) is 14.9 Å². The van der Waals surface area contributed by atoms with Crippen molar-refractivity contribution in [2.24, 2.45) is 0 Å². The molecular weight excluding hydrogens is 488 g/mol. The second kappa shape index (κ2) is 7.77. The first-order valence-electron chi connectivity index (χ1n) is 11.3. The van der Waals surface area contributed by atoms with Gasteiger partial charge in [-0.2, -0.15) is 0 Å². The van der Waals surface area contributed by atoms with Gasteiger partial charge < -0.3 is 24.1 Å². The minimum atomic E-state index is -3.71. The number of furan rings is 1. The minimum absolute atomic E-state index is 0.0261. The number of sulfonamides is 1. The molecule has 3 aliphatic heterocycles. The summed E-state index contributed by atoms with van der Waals surface area (Å²) < 4.78 is 44.1. The molecule has 2 aromatic carbocycles. The minimum Gasteiger partial charge on any atom is -0.497 e. The van der Waals surface area contributed by atoms with Gasteiger partial charge in [-0.1, -0.05) is 6.07 Å². The highest BCUT2D eigenvalue weighted by Gasteiger charge is 2.59. The van der Waals surface area contributed by atoms with Crippen LogP contribution in [0.3, 0.4) is 0 Å². The van der Waals surface area contributed by atoms with Crippen molar-refractivity contribution in [2.75, 3.05) is 20.7 Å². The summed E-state index contributed by atoms with van der Waals surface area (Å²) in [7, 11) is -0.842. The van der Waals surface area contributed by atoms with Crippen LogP contribution in [0.25, 0.3) is 11.0 Å². The standard InChI is InChI=1S/C24H24N4O7S/c1-12-6-14-7-19(34-17(14)9-18(12)36(31,32)25-2)24(23(30)26-20-21(27-24)35-20)11-28-10-13-4-5-15(33-3)8-16(13)22(28)29/h4-9,20-21,25,27H,10-11H2,1-3H3,(H,26,30). The number of hydrogen-bond acceptors (Lipinski definition) is 8. The number of nitrogens with zero attached hydrogens (tertiary/aromatic N) is 1. The molecule has 36 heavy (non-hydrogen) atoms. The Bertz CT molecular complexity index is 1550. The van der Waals surface area contributed by atoms with Crippen molar-refractivity contribution in [3.05, 3.63) is 58.8 Å².